The molecule has 4 heteroatoms. The Kier molecular flexibility index (Phi) is 4.05. The van der Waals surface area contributed by atoms with Crippen molar-refractivity contribution in [1.82, 2.24) is 0 Å². The van der Waals surface area contributed by atoms with Crippen LogP contribution < -0.4 is 5.46 Å². The Hall–Kier alpha value is -2.10. The third kappa shape index (κ3) is 2.88. The molecule has 1 fully saturated rings. The first-order chi connectivity index (χ1) is 11.5. The molecule has 0 bridgehead atoms. The van der Waals surface area contributed by atoms with E-state index in [1.807, 2.05) is 12.1 Å². The maximum absolute atomic E-state index is 10.3. The average molecular weight is 338 g/mol. The lowest BCUT2D eigenvalue weighted by molar-refractivity contribution is 0.177. The molecule has 1 heterocycles. The Labute approximate surface area is 150 Å². The summed E-state index contributed by atoms with van der Waals surface area (Å²) < 4.78 is 0. The van der Waals surface area contributed by atoms with Crippen molar-refractivity contribution in [2.45, 2.75) is 47.3 Å². The molecule has 0 unspecified atom stereocenters. The molecule has 2 aromatic rings. The van der Waals surface area contributed by atoms with Gasteiger partial charge in [0.25, 0.3) is 0 Å². The molecule has 3 N–H and O–H groups in total. The maximum atomic E-state index is 10.3. The number of hydrogen-bond donors (Lipinski definition) is 3. The minimum Gasteiger partial charge on any atom is -0.507 e. The van der Waals surface area contributed by atoms with E-state index in [-0.39, 0.29) is 17.2 Å². The number of aromatic hydroxyl groups is 3. The third-order valence-electron chi connectivity index (χ3n) is 6.52. The Bertz CT molecular complexity index is 791. The number of hydrogen-bond acceptors (Lipinski definition) is 3. The fourth-order valence-corrected chi connectivity index (χ4v) is 4.04. The van der Waals surface area contributed by atoms with Gasteiger partial charge in [0.2, 0.25) is 0 Å². The van der Waals surface area contributed by atoms with Crippen LogP contribution in [0.25, 0.3) is 11.1 Å². The lowest BCUT2D eigenvalue weighted by Crippen LogP contribution is -2.27. The summed E-state index contributed by atoms with van der Waals surface area (Å²) in [6.07, 6.45) is 2.32. The van der Waals surface area contributed by atoms with Crippen LogP contribution in [0.1, 0.15) is 33.3 Å². The van der Waals surface area contributed by atoms with Crippen LogP contribution in [-0.4, -0.2) is 22.0 Å². The van der Waals surface area contributed by atoms with Gasteiger partial charge in [0.15, 0.2) is 6.71 Å². The van der Waals surface area contributed by atoms with Gasteiger partial charge in [-0.3, -0.25) is 0 Å². The molecular weight excluding hydrogens is 311 g/mol. The van der Waals surface area contributed by atoms with E-state index >= 15 is 0 Å². The number of phenolic OH excluding ortho intramolecular Hbond substituents is 3. The zero-order valence-electron chi connectivity index (χ0n) is 15.7. The summed E-state index contributed by atoms with van der Waals surface area (Å²) in [6.45, 7) is 11.5. The van der Waals surface area contributed by atoms with Crippen molar-refractivity contribution < 1.29 is 15.3 Å². The Morgan fingerprint density at radius 1 is 0.840 bits per heavy atom. The highest BCUT2D eigenvalue weighted by atomic mass is 16.3. The van der Waals surface area contributed by atoms with Crippen molar-refractivity contribution in [2.75, 3.05) is 0 Å². The molecule has 1 saturated heterocycles. The van der Waals surface area contributed by atoms with E-state index in [4.69, 9.17) is 0 Å². The van der Waals surface area contributed by atoms with Crippen LogP contribution in [0.2, 0.25) is 12.6 Å². The van der Waals surface area contributed by atoms with Gasteiger partial charge in [0, 0.05) is 11.6 Å². The normalized spacial score (nSPS) is 18.5. The summed E-state index contributed by atoms with van der Waals surface area (Å²) in [5, 5.41) is 30.2. The van der Waals surface area contributed by atoms with Gasteiger partial charge in [-0.1, -0.05) is 70.1 Å². The van der Waals surface area contributed by atoms with Gasteiger partial charge in [-0.25, -0.2) is 0 Å². The SMILES string of the molecule is Cc1c(O)cc(O)c(-c2ccc(B3CC(C)(C)C(C)(C)C3)cc2)c1O. The molecule has 132 valence electrons. The number of rotatable bonds is 2. The van der Waals surface area contributed by atoms with Crippen LogP contribution in [0.5, 0.6) is 17.2 Å². The molecule has 2 aromatic carbocycles. The van der Waals surface area contributed by atoms with Crippen molar-refractivity contribution in [3.8, 4) is 28.4 Å². The van der Waals surface area contributed by atoms with Crippen LogP contribution in [0, 0.1) is 17.8 Å². The highest BCUT2D eigenvalue weighted by molar-refractivity contribution is 6.74. The quantitative estimate of drug-likeness (QED) is 0.704. The zero-order valence-corrected chi connectivity index (χ0v) is 15.7. The lowest BCUT2D eigenvalue weighted by Gasteiger charge is -2.35. The van der Waals surface area contributed by atoms with Gasteiger partial charge in [0.05, 0.1) is 5.56 Å². The highest BCUT2D eigenvalue weighted by Crippen LogP contribution is 2.52. The summed E-state index contributed by atoms with van der Waals surface area (Å²) in [5.74, 6) is -0.296. The van der Waals surface area contributed by atoms with Crippen molar-refractivity contribution in [1.29, 1.82) is 0 Å². The maximum Gasteiger partial charge on any atom is 0.176 e. The smallest absolute Gasteiger partial charge is 0.176 e. The molecule has 3 rings (SSSR count). The standard InChI is InChI=1S/C21H27BO3/c1-13-16(23)10-17(24)18(19(13)25)14-6-8-15(9-7-14)22-11-20(2,3)21(4,5)12-22/h6-10,23-25H,11-12H2,1-5H3. The van der Waals surface area contributed by atoms with E-state index < -0.39 is 0 Å². The Morgan fingerprint density at radius 2 is 1.36 bits per heavy atom. The summed E-state index contributed by atoms with van der Waals surface area (Å²) >= 11 is 0. The first kappa shape index (κ1) is 17.7. The molecule has 0 atom stereocenters. The second-order valence-corrected chi connectivity index (χ2v) is 8.76. The minimum atomic E-state index is -0.114. The van der Waals surface area contributed by atoms with Crippen LogP contribution in [0.15, 0.2) is 30.3 Å². The first-order valence-corrected chi connectivity index (χ1v) is 8.88. The van der Waals surface area contributed by atoms with E-state index in [1.54, 1.807) is 6.92 Å². The first-order valence-electron chi connectivity index (χ1n) is 8.88. The topological polar surface area (TPSA) is 60.7 Å². The average Bonchev–Trinajstić information content (AvgIpc) is 2.74. The fourth-order valence-electron chi connectivity index (χ4n) is 4.04. The second-order valence-electron chi connectivity index (χ2n) is 8.76. The van der Waals surface area contributed by atoms with E-state index in [0.29, 0.717) is 28.7 Å². The van der Waals surface area contributed by atoms with Gasteiger partial charge in [-0.05, 0) is 23.3 Å². The molecule has 3 nitrogen and oxygen atoms in total. The predicted octanol–water partition coefficient (Wildman–Crippen LogP) is 4.55. The molecule has 0 aromatic heterocycles. The molecule has 0 amide bonds. The van der Waals surface area contributed by atoms with E-state index in [0.717, 1.165) is 18.2 Å². The van der Waals surface area contributed by atoms with Crippen molar-refractivity contribution in [3.05, 3.63) is 35.9 Å². The van der Waals surface area contributed by atoms with Crippen LogP contribution >= 0.6 is 0 Å². The monoisotopic (exact) mass is 338 g/mol. The van der Waals surface area contributed by atoms with Gasteiger partial charge in [-0.2, -0.15) is 0 Å². The second kappa shape index (κ2) is 5.72. The predicted molar refractivity (Wildman–Crippen MR) is 104 cm³/mol. The molecule has 0 spiro atoms. The molecule has 1 aliphatic heterocycles. The van der Waals surface area contributed by atoms with Crippen molar-refractivity contribution in [2.24, 2.45) is 10.8 Å². The Morgan fingerprint density at radius 3 is 1.88 bits per heavy atom. The zero-order chi connectivity index (χ0) is 18.6. The van der Waals surface area contributed by atoms with Gasteiger partial charge in [0.1, 0.15) is 17.2 Å². The molecule has 0 saturated carbocycles. The van der Waals surface area contributed by atoms with Gasteiger partial charge in [-0.15, -0.1) is 0 Å². The third-order valence-corrected chi connectivity index (χ3v) is 6.52. The number of phenols is 3. The van der Waals surface area contributed by atoms with Crippen molar-refractivity contribution >= 4 is 12.2 Å². The van der Waals surface area contributed by atoms with E-state index in [2.05, 4.69) is 39.8 Å². The molecule has 0 radical (unpaired) electrons. The lowest BCUT2D eigenvalue weighted by atomic mass is 9.42. The fraction of sp³-hybridized carbons (Fsp3) is 0.429. The van der Waals surface area contributed by atoms with Crippen LogP contribution in [-0.2, 0) is 0 Å². The summed E-state index contributed by atoms with van der Waals surface area (Å²) in [7, 11) is 0. The van der Waals surface area contributed by atoms with Gasteiger partial charge >= 0.3 is 0 Å². The van der Waals surface area contributed by atoms with E-state index in [9.17, 15) is 15.3 Å². The summed E-state index contributed by atoms with van der Waals surface area (Å²) in [6, 6.07) is 9.36. The highest BCUT2D eigenvalue weighted by Gasteiger charge is 2.47. The molecule has 25 heavy (non-hydrogen) atoms. The largest absolute Gasteiger partial charge is 0.507 e. The minimum absolute atomic E-state index is 0.0756. The molecule has 0 aliphatic carbocycles. The van der Waals surface area contributed by atoms with E-state index in [1.165, 1.54) is 11.5 Å². The Balaban J connectivity index is 1.94. The summed E-state index contributed by atoms with van der Waals surface area (Å²) in [4.78, 5) is 0. The van der Waals surface area contributed by atoms with Gasteiger partial charge < -0.3 is 15.3 Å². The number of benzene rings is 2. The van der Waals surface area contributed by atoms with Crippen LogP contribution in [0.4, 0.5) is 0 Å². The van der Waals surface area contributed by atoms with Crippen LogP contribution in [0.3, 0.4) is 0 Å². The molecular formula is C21H27BO3. The molecule has 1 aliphatic rings. The van der Waals surface area contributed by atoms with Crippen molar-refractivity contribution in [3.63, 3.8) is 0 Å². The summed E-state index contributed by atoms with van der Waals surface area (Å²) in [5.41, 5.74) is 3.40.